The molecule has 0 saturated carbocycles. The molecule has 0 bridgehead atoms. The average molecular weight is 1010 g/mol. The van der Waals surface area contributed by atoms with E-state index < -0.39 is 118 Å². The smallest absolute Gasteiger partial charge is 0.318 e. The van der Waals surface area contributed by atoms with Gasteiger partial charge in [0.05, 0.1) is 52.9 Å². The van der Waals surface area contributed by atoms with Gasteiger partial charge >= 0.3 is 35.8 Å². The van der Waals surface area contributed by atoms with Crippen LogP contribution < -0.4 is 0 Å². The average Bonchev–Trinajstić information content (AvgIpc) is 3.28. The lowest BCUT2D eigenvalue weighted by molar-refractivity contribution is -0.283. The van der Waals surface area contributed by atoms with E-state index in [2.05, 4.69) is 0 Å². The van der Waals surface area contributed by atoms with Gasteiger partial charge in [-0.25, -0.2) is 0 Å². The third-order valence-corrected chi connectivity index (χ3v) is 14.2. The predicted octanol–water partition coefficient (Wildman–Crippen LogP) is 4.80. The SMILES string of the molecule is CC1(C)OCC(C)(C(=O)OCC(C)(COC(=O)C2(C)COC(C)(C)OC2)C(=O)OCCSSCCOC(=O)C(C)(COC(=O)C2(C)COC(C)(C)OC2)COC(=O)C2(C)COC(C)(C)OC2)CO1. The van der Waals surface area contributed by atoms with Crippen LogP contribution in [0.1, 0.15) is 96.9 Å². The zero-order chi connectivity index (χ0) is 51.1. The van der Waals surface area contributed by atoms with E-state index in [-0.39, 0.29) is 66.1 Å². The van der Waals surface area contributed by atoms with E-state index in [4.69, 9.17) is 66.3 Å². The van der Waals surface area contributed by atoms with Gasteiger partial charge in [0.25, 0.3) is 0 Å². The zero-order valence-electron chi connectivity index (χ0n) is 42.3. The first-order valence-corrected chi connectivity index (χ1v) is 25.1. The van der Waals surface area contributed by atoms with Crippen LogP contribution >= 0.6 is 21.6 Å². The molecule has 0 aromatic heterocycles. The second kappa shape index (κ2) is 22.3. The van der Waals surface area contributed by atoms with Gasteiger partial charge in [-0.05, 0) is 96.9 Å². The van der Waals surface area contributed by atoms with E-state index in [0.717, 1.165) is 0 Å². The molecule has 0 atom stereocenters. The molecule has 4 aliphatic heterocycles. The van der Waals surface area contributed by atoms with Crippen molar-refractivity contribution in [1.29, 1.82) is 0 Å². The van der Waals surface area contributed by atoms with Crippen LogP contribution in [0.3, 0.4) is 0 Å². The van der Waals surface area contributed by atoms with Crippen molar-refractivity contribution in [3.05, 3.63) is 0 Å². The maximum absolute atomic E-state index is 13.7. The maximum Gasteiger partial charge on any atom is 0.318 e. The molecule has 4 fully saturated rings. The minimum Gasteiger partial charge on any atom is -0.464 e. The van der Waals surface area contributed by atoms with Crippen molar-refractivity contribution in [2.75, 3.05) is 104 Å². The summed E-state index contributed by atoms with van der Waals surface area (Å²) in [6.07, 6.45) is 0. The minimum atomic E-state index is -1.61. The Morgan fingerprint density at radius 1 is 0.368 bits per heavy atom. The first-order valence-electron chi connectivity index (χ1n) is 22.6. The number of esters is 6. The molecular weight excluding hydrogens is 937 g/mol. The van der Waals surface area contributed by atoms with Crippen molar-refractivity contribution in [3.8, 4) is 0 Å². The molecule has 0 aromatic rings. The number of carbonyl (C=O) groups is 6. The summed E-state index contributed by atoms with van der Waals surface area (Å²) in [5.41, 5.74) is -7.82. The van der Waals surface area contributed by atoms with Crippen molar-refractivity contribution in [2.45, 2.75) is 120 Å². The van der Waals surface area contributed by atoms with Crippen LogP contribution in [-0.4, -0.2) is 163 Å². The van der Waals surface area contributed by atoms with Gasteiger partial charge in [0.15, 0.2) is 23.1 Å². The minimum absolute atomic E-state index is 0.0252. The summed E-state index contributed by atoms with van der Waals surface area (Å²) in [6.45, 7) is 21.5. The maximum atomic E-state index is 13.7. The number of hydrogen-bond acceptors (Lipinski definition) is 22. The normalized spacial score (nSPS) is 23.2. The fraction of sp³-hybridized carbons (Fsp3) is 0.870. The summed E-state index contributed by atoms with van der Waals surface area (Å²) in [7, 11) is 2.66. The van der Waals surface area contributed by atoms with Gasteiger partial charge in [-0.1, -0.05) is 21.6 Å². The van der Waals surface area contributed by atoms with Gasteiger partial charge in [-0.2, -0.15) is 0 Å². The Labute approximate surface area is 407 Å². The fourth-order valence-electron chi connectivity index (χ4n) is 6.19. The lowest BCUT2D eigenvalue weighted by atomic mass is 9.89. The first kappa shape index (κ1) is 57.8. The highest BCUT2D eigenvalue weighted by Gasteiger charge is 2.50. The van der Waals surface area contributed by atoms with E-state index >= 15 is 0 Å². The van der Waals surface area contributed by atoms with Crippen molar-refractivity contribution in [3.63, 3.8) is 0 Å². The first-order chi connectivity index (χ1) is 31.2. The molecule has 68 heavy (non-hydrogen) atoms. The van der Waals surface area contributed by atoms with Crippen LogP contribution in [0.2, 0.25) is 0 Å². The van der Waals surface area contributed by atoms with Gasteiger partial charge in [0.1, 0.15) is 72.1 Å². The van der Waals surface area contributed by atoms with Crippen LogP contribution in [-0.2, 0) is 95.1 Å². The van der Waals surface area contributed by atoms with Crippen LogP contribution in [0.5, 0.6) is 0 Å². The Kier molecular flexibility index (Phi) is 19.0. The Morgan fingerprint density at radius 3 is 0.750 bits per heavy atom. The quantitative estimate of drug-likeness (QED) is 0.0651. The molecule has 0 N–H and O–H groups in total. The number of hydrogen-bond donors (Lipinski definition) is 0. The summed E-state index contributed by atoms with van der Waals surface area (Å²) >= 11 is 0. The number of rotatable bonds is 21. The fourth-order valence-corrected chi connectivity index (χ4v) is 7.84. The lowest BCUT2D eigenvalue weighted by Crippen LogP contribution is -2.51. The molecule has 22 heteroatoms. The predicted molar refractivity (Wildman–Crippen MR) is 243 cm³/mol. The summed E-state index contributed by atoms with van der Waals surface area (Å²) in [6, 6.07) is 0. The molecule has 4 rings (SSSR count). The number of ether oxygens (including phenoxy) is 14. The summed E-state index contributed by atoms with van der Waals surface area (Å²) < 4.78 is 79.3. The summed E-state index contributed by atoms with van der Waals surface area (Å²) in [5, 5.41) is 0. The van der Waals surface area contributed by atoms with E-state index in [1.807, 2.05) is 0 Å². The monoisotopic (exact) mass is 1010 g/mol. The van der Waals surface area contributed by atoms with E-state index in [0.29, 0.717) is 11.5 Å². The Balaban J connectivity index is 1.29. The molecule has 0 unspecified atom stereocenters. The Bertz CT molecular complexity index is 1540. The van der Waals surface area contributed by atoms with Crippen molar-refractivity contribution < 1.29 is 95.1 Å². The molecular formula is C46H74O20S2. The summed E-state index contributed by atoms with van der Waals surface area (Å²) in [4.78, 5) is 80.6. The second-order valence-corrected chi connectivity index (χ2v) is 24.2. The molecule has 0 aromatic carbocycles. The molecule has 4 saturated heterocycles. The van der Waals surface area contributed by atoms with Crippen molar-refractivity contribution in [2.24, 2.45) is 32.5 Å². The molecule has 0 radical (unpaired) electrons. The molecule has 390 valence electrons. The van der Waals surface area contributed by atoms with Crippen LogP contribution in [0.25, 0.3) is 0 Å². The van der Waals surface area contributed by atoms with Crippen molar-refractivity contribution in [1.82, 2.24) is 0 Å². The van der Waals surface area contributed by atoms with Crippen LogP contribution in [0.4, 0.5) is 0 Å². The summed E-state index contributed by atoms with van der Waals surface area (Å²) in [5.74, 6) is -7.09. The molecule has 20 nitrogen and oxygen atoms in total. The van der Waals surface area contributed by atoms with Crippen molar-refractivity contribution >= 4 is 57.4 Å². The van der Waals surface area contributed by atoms with E-state index in [1.165, 1.54) is 35.4 Å². The highest BCUT2D eigenvalue weighted by Crippen LogP contribution is 2.36. The van der Waals surface area contributed by atoms with Gasteiger partial charge < -0.3 is 66.3 Å². The Morgan fingerprint density at radius 2 is 0.559 bits per heavy atom. The standard InChI is InChI=1S/C46H74O20S2/c1-37(2)59-23-43(11,24-60-37)33(49)55-19-41(9,20-56-34(50)44(12)25-61-38(3,4)62-26-44)31(47)53-15-17-67-68-18-16-54-32(48)42(10,21-57-35(51)45(13)27-63-39(5,6)64-28-45)22-58-36(52)46(14)29-65-40(7,8)66-30-46/h15-30H2,1-14H3. The molecule has 0 spiro atoms. The largest absolute Gasteiger partial charge is 0.464 e. The highest BCUT2D eigenvalue weighted by molar-refractivity contribution is 8.76. The van der Waals surface area contributed by atoms with Gasteiger partial charge in [0, 0.05) is 11.5 Å². The third-order valence-electron chi connectivity index (χ3n) is 11.8. The molecule has 0 amide bonds. The van der Waals surface area contributed by atoms with E-state index in [1.54, 1.807) is 83.1 Å². The van der Waals surface area contributed by atoms with E-state index in [9.17, 15) is 28.8 Å². The molecule has 4 aliphatic rings. The third kappa shape index (κ3) is 15.9. The van der Waals surface area contributed by atoms with Gasteiger partial charge in [-0.3, -0.25) is 28.8 Å². The number of carbonyl (C=O) groups excluding carboxylic acids is 6. The lowest BCUT2D eigenvalue weighted by Gasteiger charge is -2.40. The Hall–Kier alpha value is -2.80. The zero-order valence-corrected chi connectivity index (χ0v) is 43.9. The van der Waals surface area contributed by atoms with Gasteiger partial charge in [-0.15, -0.1) is 0 Å². The van der Waals surface area contributed by atoms with Gasteiger partial charge in [0.2, 0.25) is 0 Å². The molecule has 4 heterocycles. The van der Waals surface area contributed by atoms with Crippen LogP contribution in [0.15, 0.2) is 0 Å². The second-order valence-electron chi connectivity index (χ2n) is 21.5. The van der Waals surface area contributed by atoms with Crippen LogP contribution in [0, 0.1) is 32.5 Å². The topological polar surface area (TPSA) is 232 Å². The molecule has 0 aliphatic carbocycles. The highest BCUT2D eigenvalue weighted by atomic mass is 33.1.